The predicted octanol–water partition coefficient (Wildman–Crippen LogP) is 2.04. The van der Waals surface area contributed by atoms with Crippen LogP contribution >= 0.6 is 11.3 Å². The minimum absolute atomic E-state index is 0.135. The van der Waals surface area contributed by atoms with Crippen LogP contribution in [-0.2, 0) is 6.42 Å². The molecule has 0 bridgehead atoms. The lowest BCUT2D eigenvalue weighted by atomic mass is 10.2. The number of carbonyl (C=O) groups is 1. The third kappa shape index (κ3) is 0.596. The van der Waals surface area contributed by atoms with E-state index in [4.69, 9.17) is 0 Å². The van der Waals surface area contributed by atoms with Crippen molar-refractivity contribution in [3.63, 3.8) is 0 Å². The molecule has 0 unspecified atom stereocenters. The van der Waals surface area contributed by atoms with E-state index in [9.17, 15) is 4.79 Å². The molecule has 2 rings (SSSR count). The lowest BCUT2D eigenvalue weighted by Crippen LogP contribution is -1.91. The second kappa shape index (κ2) is 1.80. The molecule has 0 atom stereocenters. The van der Waals surface area contributed by atoms with Gasteiger partial charge in [0.1, 0.15) is 0 Å². The molecule has 1 nitrogen and oxygen atoms in total. The van der Waals surface area contributed by atoms with Crippen molar-refractivity contribution in [3.05, 3.63) is 34.0 Å². The molecule has 0 aromatic carbocycles. The Balaban J connectivity index is 2.63. The molecule has 1 aromatic heterocycles. The number of allylic oxidation sites excluding steroid dienone is 1. The number of fused-ring (bicyclic) bond motifs is 1. The van der Waals surface area contributed by atoms with Gasteiger partial charge in [-0.3, -0.25) is 4.79 Å². The van der Waals surface area contributed by atoms with E-state index in [1.807, 2.05) is 11.4 Å². The molecule has 0 amide bonds. The van der Waals surface area contributed by atoms with Crippen LogP contribution in [0.2, 0.25) is 0 Å². The summed E-state index contributed by atoms with van der Waals surface area (Å²) in [6.07, 6.45) is 0.770. The fourth-order valence-corrected chi connectivity index (χ4v) is 2.06. The van der Waals surface area contributed by atoms with Gasteiger partial charge < -0.3 is 0 Å². The van der Waals surface area contributed by atoms with Gasteiger partial charge >= 0.3 is 0 Å². The molecule has 1 heterocycles. The van der Waals surface area contributed by atoms with E-state index in [-0.39, 0.29) is 5.78 Å². The fourth-order valence-electron chi connectivity index (χ4n) is 1.14. The minimum Gasteiger partial charge on any atom is -0.289 e. The van der Waals surface area contributed by atoms with Gasteiger partial charge in [-0.1, -0.05) is 6.58 Å². The number of carbonyl (C=O) groups excluding carboxylic acids is 1. The first-order chi connectivity index (χ1) is 4.79. The highest BCUT2D eigenvalue weighted by molar-refractivity contribution is 7.10. The van der Waals surface area contributed by atoms with Crippen LogP contribution in [0.15, 0.2) is 23.6 Å². The molecule has 0 fully saturated rings. The SMILES string of the molecule is C=C1Cc2sccc2C1=O. The Morgan fingerprint density at radius 2 is 2.40 bits per heavy atom. The first-order valence-corrected chi connectivity index (χ1v) is 3.96. The summed E-state index contributed by atoms with van der Waals surface area (Å²) in [5, 5.41) is 1.95. The monoisotopic (exact) mass is 150 g/mol. The number of rotatable bonds is 0. The molecular weight excluding hydrogens is 144 g/mol. The number of hydrogen-bond donors (Lipinski definition) is 0. The number of hydrogen-bond acceptors (Lipinski definition) is 2. The number of thiophene rings is 1. The molecular formula is C8H6OS. The van der Waals surface area contributed by atoms with E-state index in [0.29, 0.717) is 0 Å². The quantitative estimate of drug-likeness (QED) is 0.517. The third-order valence-electron chi connectivity index (χ3n) is 1.69. The average Bonchev–Trinajstić information content (AvgIpc) is 2.41. The summed E-state index contributed by atoms with van der Waals surface area (Å²) in [5.74, 6) is 0.135. The average molecular weight is 150 g/mol. The predicted molar refractivity (Wildman–Crippen MR) is 41.5 cm³/mol. The molecule has 2 heteroatoms. The standard InChI is InChI=1S/C8H6OS/c1-5-4-7-6(8(5)9)2-3-10-7/h2-3H,1,4H2. The Labute approximate surface area is 63.0 Å². The van der Waals surface area contributed by atoms with E-state index in [0.717, 1.165) is 17.6 Å². The summed E-state index contributed by atoms with van der Waals surface area (Å²) in [6, 6.07) is 1.88. The largest absolute Gasteiger partial charge is 0.289 e. The Bertz CT molecular complexity index is 309. The fraction of sp³-hybridized carbons (Fsp3) is 0.125. The van der Waals surface area contributed by atoms with Crippen molar-refractivity contribution in [2.75, 3.05) is 0 Å². The Hall–Kier alpha value is -0.890. The first-order valence-electron chi connectivity index (χ1n) is 3.08. The zero-order valence-corrected chi connectivity index (χ0v) is 6.20. The molecule has 0 radical (unpaired) electrons. The van der Waals surface area contributed by atoms with Gasteiger partial charge in [0.25, 0.3) is 0 Å². The molecule has 0 spiro atoms. The molecule has 1 aromatic rings. The molecule has 1 aliphatic carbocycles. The summed E-state index contributed by atoms with van der Waals surface area (Å²) >= 11 is 1.64. The molecule has 0 saturated heterocycles. The van der Waals surface area contributed by atoms with Crippen LogP contribution in [0, 0.1) is 0 Å². The van der Waals surface area contributed by atoms with E-state index < -0.39 is 0 Å². The van der Waals surface area contributed by atoms with Crippen LogP contribution in [0.25, 0.3) is 0 Å². The lowest BCUT2D eigenvalue weighted by molar-refractivity contribution is 0.104. The molecule has 0 saturated carbocycles. The van der Waals surface area contributed by atoms with Crippen LogP contribution in [0.1, 0.15) is 15.2 Å². The third-order valence-corrected chi connectivity index (χ3v) is 2.61. The second-order valence-electron chi connectivity index (χ2n) is 2.37. The zero-order valence-electron chi connectivity index (χ0n) is 5.39. The summed E-state index contributed by atoms with van der Waals surface area (Å²) in [6.45, 7) is 3.68. The van der Waals surface area contributed by atoms with Crippen molar-refractivity contribution >= 4 is 17.1 Å². The van der Waals surface area contributed by atoms with E-state index in [2.05, 4.69) is 6.58 Å². The van der Waals surface area contributed by atoms with Gasteiger partial charge in [-0.2, -0.15) is 0 Å². The maximum absolute atomic E-state index is 11.2. The summed E-state index contributed by atoms with van der Waals surface area (Å²) in [5.41, 5.74) is 1.61. The smallest absolute Gasteiger partial charge is 0.189 e. The topological polar surface area (TPSA) is 17.1 Å². The highest BCUT2D eigenvalue weighted by atomic mass is 32.1. The summed E-state index contributed by atoms with van der Waals surface area (Å²) in [4.78, 5) is 12.3. The van der Waals surface area contributed by atoms with Crippen LogP contribution in [0.3, 0.4) is 0 Å². The zero-order chi connectivity index (χ0) is 7.14. The van der Waals surface area contributed by atoms with Crippen molar-refractivity contribution < 1.29 is 4.79 Å². The van der Waals surface area contributed by atoms with Gasteiger partial charge in [-0.05, 0) is 17.0 Å². The van der Waals surface area contributed by atoms with Gasteiger partial charge in [0.15, 0.2) is 5.78 Å². The molecule has 10 heavy (non-hydrogen) atoms. The van der Waals surface area contributed by atoms with Gasteiger partial charge in [0.05, 0.1) is 0 Å². The molecule has 50 valence electrons. The maximum Gasteiger partial charge on any atom is 0.189 e. The van der Waals surface area contributed by atoms with E-state index in [1.54, 1.807) is 11.3 Å². The van der Waals surface area contributed by atoms with E-state index in [1.165, 1.54) is 4.88 Å². The van der Waals surface area contributed by atoms with Crippen molar-refractivity contribution in [3.8, 4) is 0 Å². The van der Waals surface area contributed by atoms with Gasteiger partial charge in [-0.15, -0.1) is 11.3 Å². The Kier molecular flexibility index (Phi) is 1.05. The van der Waals surface area contributed by atoms with Crippen LogP contribution in [-0.4, -0.2) is 5.78 Å². The first kappa shape index (κ1) is 5.86. The van der Waals surface area contributed by atoms with Crippen molar-refractivity contribution in [1.82, 2.24) is 0 Å². The number of ketones is 1. The maximum atomic E-state index is 11.2. The van der Waals surface area contributed by atoms with E-state index >= 15 is 0 Å². The van der Waals surface area contributed by atoms with Gasteiger partial charge in [0, 0.05) is 16.9 Å². The highest BCUT2D eigenvalue weighted by Gasteiger charge is 2.23. The highest BCUT2D eigenvalue weighted by Crippen LogP contribution is 2.29. The minimum atomic E-state index is 0.135. The second-order valence-corrected chi connectivity index (χ2v) is 3.37. The summed E-state index contributed by atoms with van der Waals surface area (Å²) < 4.78 is 0. The normalized spacial score (nSPS) is 16.0. The van der Waals surface area contributed by atoms with Crippen LogP contribution < -0.4 is 0 Å². The van der Waals surface area contributed by atoms with Crippen LogP contribution in [0.5, 0.6) is 0 Å². The molecule has 1 aliphatic rings. The molecule has 0 N–H and O–H groups in total. The van der Waals surface area contributed by atoms with Crippen molar-refractivity contribution in [2.24, 2.45) is 0 Å². The van der Waals surface area contributed by atoms with Crippen molar-refractivity contribution in [2.45, 2.75) is 6.42 Å². The molecule has 0 aliphatic heterocycles. The van der Waals surface area contributed by atoms with Crippen molar-refractivity contribution in [1.29, 1.82) is 0 Å². The van der Waals surface area contributed by atoms with Crippen LogP contribution in [0.4, 0.5) is 0 Å². The van der Waals surface area contributed by atoms with Gasteiger partial charge in [0.2, 0.25) is 0 Å². The Morgan fingerprint density at radius 1 is 1.60 bits per heavy atom. The lowest BCUT2D eigenvalue weighted by Gasteiger charge is -1.84. The Morgan fingerprint density at radius 3 is 3.10 bits per heavy atom. The number of Topliss-reactive ketones (excluding diaryl/α,β-unsaturated/α-hetero) is 1. The summed E-state index contributed by atoms with van der Waals surface area (Å²) in [7, 11) is 0. The van der Waals surface area contributed by atoms with Gasteiger partial charge in [-0.25, -0.2) is 0 Å².